The molecule has 1 N–H and O–H groups in total. The van der Waals surface area contributed by atoms with Gasteiger partial charge in [-0.25, -0.2) is 4.79 Å². The van der Waals surface area contributed by atoms with Crippen molar-refractivity contribution >= 4 is 23.1 Å². The van der Waals surface area contributed by atoms with E-state index in [1.165, 1.54) is 12.1 Å². The molecule has 72 valence electrons. The van der Waals surface area contributed by atoms with Gasteiger partial charge in [-0.05, 0) is 18.2 Å². The molecule has 0 spiro atoms. The predicted molar refractivity (Wildman–Crippen MR) is 52.1 cm³/mol. The third kappa shape index (κ3) is 1.59. The van der Waals surface area contributed by atoms with Crippen molar-refractivity contribution in [3.05, 3.63) is 34.9 Å². The zero-order valence-electron chi connectivity index (χ0n) is 7.16. The van der Waals surface area contributed by atoms with Gasteiger partial charge in [-0.15, -0.1) is 0 Å². The van der Waals surface area contributed by atoms with Crippen LogP contribution in [0.2, 0.25) is 5.02 Å². The number of rotatable bonds is 1. The van der Waals surface area contributed by atoms with E-state index in [-0.39, 0.29) is 18.3 Å². The van der Waals surface area contributed by atoms with E-state index in [1.807, 2.05) is 0 Å². The molecule has 3 nitrogen and oxygen atoms in total. The van der Waals surface area contributed by atoms with E-state index in [0.29, 0.717) is 16.2 Å². The van der Waals surface area contributed by atoms with Gasteiger partial charge in [-0.1, -0.05) is 11.6 Å². The Hall–Kier alpha value is -1.48. The van der Waals surface area contributed by atoms with Gasteiger partial charge in [0.15, 0.2) is 0 Å². The molecule has 0 amide bonds. The summed E-state index contributed by atoms with van der Waals surface area (Å²) < 4.78 is 4.73. The minimum atomic E-state index is -0.380. The monoisotopic (exact) mass is 210 g/mol. The van der Waals surface area contributed by atoms with Crippen LogP contribution in [0.15, 0.2) is 24.3 Å². The topological polar surface area (TPSA) is 46.5 Å². The van der Waals surface area contributed by atoms with E-state index >= 15 is 0 Å². The van der Waals surface area contributed by atoms with Crippen molar-refractivity contribution in [2.75, 3.05) is 6.61 Å². The van der Waals surface area contributed by atoms with Crippen molar-refractivity contribution in [3.63, 3.8) is 0 Å². The second-order valence-corrected chi connectivity index (χ2v) is 3.38. The molecule has 1 aliphatic heterocycles. The molecule has 0 radical (unpaired) electrons. The maximum absolute atomic E-state index is 10.8. The number of esters is 1. The molecule has 2 rings (SSSR count). The number of ether oxygens (including phenoxy) is 1. The van der Waals surface area contributed by atoms with Gasteiger partial charge in [0.05, 0.1) is 0 Å². The highest BCUT2D eigenvalue weighted by atomic mass is 35.5. The van der Waals surface area contributed by atoms with E-state index in [4.69, 9.17) is 16.3 Å². The van der Waals surface area contributed by atoms with E-state index < -0.39 is 0 Å². The average Bonchev–Trinajstić information content (AvgIpc) is 2.51. The van der Waals surface area contributed by atoms with Crippen LogP contribution in [0, 0.1) is 0 Å². The number of halogens is 1. The van der Waals surface area contributed by atoms with Crippen molar-refractivity contribution in [3.8, 4) is 5.75 Å². The summed E-state index contributed by atoms with van der Waals surface area (Å²) in [4.78, 5) is 10.8. The first-order valence-electron chi connectivity index (χ1n) is 4.03. The van der Waals surface area contributed by atoms with Crippen LogP contribution >= 0.6 is 11.6 Å². The van der Waals surface area contributed by atoms with Gasteiger partial charge in [-0.2, -0.15) is 0 Å². The molecule has 14 heavy (non-hydrogen) atoms. The first-order chi connectivity index (χ1) is 6.66. The number of hydrogen-bond donors (Lipinski definition) is 1. The van der Waals surface area contributed by atoms with Crippen LogP contribution in [0.25, 0.3) is 5.57 Å². The van der Waals surface area contributed by atoms with Gasteiger partial charge in [0.25, 0.3) is 0 Å². The molecule has 0 bridgehead atoms. The zero-order valence-corrected chi connectivity index (χ0v) is 7.91. The van der Waals surface area contributed by atoms with Crippen molar-refractivity contribution in [2.24, 2.45) is 0 Å². The second kappa shape index (κ2) is 3.35. The van der Waals surface area contributed by atoms with Gasteiger partial charge in [-0.3, -0.25) is 0 Å². The summed E-state index contributed by atoms with van der Waals surface area (Å²) >= 11 is 5.67. The third-order valence-electron chi connectivity index (χ3n) is 1.97. The highest BCUT2D eigenvalue weighted by Gasteiger charge is 2.17. The Balaban J connectivity index is 2.42. The molecule has 0 atom stereocenters. The Morgan fingerprint density at radius 2 is 2.21 bits per heavy atom. The summed E-state index contributed by atoms with van der Waals surface area (Å²) in [5.41, 5.74) is 1.25. The summed E-state index contributed by atoms with van der Waals surface area (Å²) in [5, 5.41) is 10.0. The summed E-state index contributed by atoms with van der Waals surface area (Å²) in [5.74, 6) is -0.323. The molecule has 0 saturated heterocycles. The number of cyclic esters (lactones) is 1. The molecular weight excluding hydrogens is 204 g/mol. The number of phenols is 1. The molecule has 4 heteroatoms. The number of carbonyl (C=O) groups excluding carboxylic acids is 1. The van der Waals surface area contributed by atoms with E-state index in [9.17, 15) is 9.90 Å². The lowest BCUT2D eigenvalue weighted by atomic mass is 10.1. The fraction of sp³-hybridized carbons (Fsp3) is 0.100. The van der Waals surface area contributed by atoms with E-state index in [2.05, 4.69) is 0 Å². The molecule has 1 aliphatic rings. The summed E-state index contributed by atoms with van der Waals surface area (Å²) in [6.45, 7) is 0.202. The summed E-state index contributed by atoms with van der Waals surface area (Å²) in [6.07, 6.45) is 1.36. The van der Waals surface area contributed by atoms with Gasteiger partial charge in [0.2, 0.25) is 0 Å². The lowest BCUT2D eigenvalue weighted by molar-refractivity contribution is -0.134. The molecule has 1 aromatic carbocycles. The predicted octanol–water partition coefficient (Wildman–Crippen LogP) is 1.99. The normalized spacial score (nSPS) is 15.2. The summed E-state index contributed by atoms with van der Waals surface area (Å²) in [6, 6.07) is 4.74. The van der Waals surface area contributed by atoms with Gasteiger partial charge >= 0.3 is 5.97 Å². The minimum absolute atomic E-state index is 0.0575. The van der Waals surface area contributed by atoms with Gasteiger partial charge in [0, 0.05) is 22.2 Å². The molecule has 1 heterocycles. The van der Waals surface area contributed by atoms with Crippen molar-refractivity contribution in [1.29, 1.82) is 0 Å². The van der Waals surface area contributed by atoms with Gasteiger partial charge in [0.1, 0.15) is 12.4 Å². The molecule has 1 aromatic rings. The van der Waals surface area contributed by atoms with Crippen LogP contribution in [0.3, 0.4) is 0 Å². The average molecular weight is 211 g/mol. The minimum Gasteiger partial charge on any atom is -0.507 e. The Bertz CT molecular complexity index is 423. The van der Waals surface area contributed by atoms with Crippen LogP contribution in [-0.4, -0.2) is 17.7 Å². The Morgan fingerprint density at radius 3 is 2.79 bits per heavy atom. The fourth-order valence-electron chi connectivity index (χ4n) is 1.31. The first-order valence-corrected chi connectivity index (χ1v) is 4.41. The number of hydrogen-bond acceptors (Lipinski definition) is 3. The largest absolute Gasteiger partial charge is 0.507 e. The fourth-order valence-corrected chi connectivity index (χ4v) is 1.47. The molecule has 0 saturated carbocycles. The number of phenolic OH excluding ortho intramolecular Hbond substituents is 1. The maximum Gasteiger partial charge on any atom is 0.331 e. The Morgan fingerprint density at radius 1 is 1.43 bits per heavy atom. The van der Waals surface area contributed by atoms with Crippen LogP contribution in [0.4, 0.5) is 0 Å². The van der Waals surface area contributed by atoms with E-state index in [0.717, 1.165) is 0 Å². The molecule has 0 aromatic heterocycles. The van der Waals surface area contributed by atoms with Crippen molar-refractivity contribution in [2.45, 2.75) is 0 Å². The smallest absolute Gasteiger partial charge is 0.331 e. The third-order valence-corrected chi connectivity index (χ3v) is 2.20. The molecule has 0 fully saturated rings. The molecule has 0 aliphatic carbocycles. The van der Waals surface area contributed by atoms with Crippen LogP contribution in [-0.2, 0) is 9.53 Å². The Kier molecular flexibility index (Phi) is 2.17. The highest BCUT2D eigenvalue weighted by molar-refractivity contribution is 6.30. The number of aromatic hydroxyl groups is 1. The van der Waals surface area contributed by atoms with Crippen molar-refractivity contribution < 1.29 is 14.6 Å². The number of benzene rings is 1. The second-order valence-electron chi connectivity index (χ2n) is 2.94. The van der Waals surface area contributed by atoms with E-state index in [1.54, 1.807) is 12.1 Å². The molecule has 0 unspecified atom stereocenters. The maximum atomic E-state index is 10.8. The first kappa shape index (κ1) is 9.09. The SMILES string of the molecule is O=C1C=C(c2ccc(Cl)cc2O)CO1. The molecular formula is C10H7ClO3. The van der Waals surface area contributed by atoms with Crippen molar-refractivity contribution in [1.82, 2.24) is 0 Å². The number of carbonyl (C=O) groups is 1. The van der Waals surface area contributed by atoms with Crippen LogP contribution < -0.4 is 0 Å². The summed E-state index contributed by atoms with van der Waals surface area (Å²) in [7, 11) is 0. The lowest BCUT2D eigenvalue weighted by Gasteiger charge is -2.03. The van der Waals surface area contributed by atoms with Crippen LogP contribution in [0.1, 0.15) is 5.56 Å². The lowest BCUT2D eigenvalue weighted by Crippen LogP contribution is -1.91. The Labute approximate surface area is 85.6 Å². The van der Waals surface area contributed by atoms with Crippen LogP contribution in [0.5, 0.6) is 5.75 Å². The van der Waals surface area contributed by atoms with Gasteiger partial charge < -0.3 is 9.84 Å². The zero-order chi connectivity index (χ0) is 10.1. The highest BCUT2D eigenvalue weighted by Crippen LogP contribution is 2.30. The standard InChI is InChI=1S/C10H7ClO3/c11-7-1-2-8(9(12)4-7)6-3-10(13)14-5-6/h1-4,12H,5H2. The quantitative estimate of drug-likeness (QED) is 0.721.